The minimum Gasteiger partial charge on any atom is -0.508 e. The van der Waals surface area contributed by atoms with Crippen molar-refractivity contribution in [2.75, 3.05) is 5.73 Å². The van der Waals surface area contributed by atoms with E-state index >= 15 is 0 Å². The number of nitrogens with zero attached hydrogens (tertiary/aromatic N) is 5. The topological polar surface area (TPSA) is 146 Å². The van der Waals surface area contributed by atoms with Crippen LogP contribution in [0.5, 0.6) is 5.75 Å². The summed E-state index contributed by atoms with van der Waals surface area (Å²) < 4.78 is 1.59. The van der Waals surface area contributed by atoms with Gasteiger partial charge < -0.3 is 16.6 Å². The molecule has 9 nitrogen and oxygen atoms in total. The van der Waals surface area contributed by atoms with E-state index in [-0.39, 0.29) is 22.6 Å². The van der Waals surface area contributed by atoms with Gasteiger partial charge in [0.05, 0.1) is 17.6 Å². The summed E-state index contributed by atoms with van der Waals surface area (Å²) in [5.41, 5.74) is 15.7. The van der Waals surface area contributed by atoms with Gasteiger partial charge in [-0.1, -0.05) is 6.07 Å². The summed E-state index contributed by atoms with van der Waals surface area (Å²) in [6.07, 6.45) is 4.52. The molecule has 1 amide bonds. The molecule has 9 heteroatoms. The first kappa shape index (κ1) is 17.4. The van der Waals surface area contributed by atoms with E-state index in [2.05, 4.69) is 19.9 Å². The molecule has 4 aromatic rings. The fraction of sp³-hybridized carbons (Fsp3) is 0.105. The van der Waals surface area contributed by atoms with Crippen molar-refractivity contribution in [1.29, 1.82) is 0 Å². The Hall–Kier alpha value is -4.01. The first-order chi connectivity index (χ1) is 13.4. The molecule has 3 heterocycles. The molecule has 140 valence electrons. The van der Waals surface area contributed by atoms with Crippen LogP contribution in [0.15, 0.2) is 36.9 Å². The minimum absolute atomic E-state index is 0.0700. The highest BCUT2D eigenvalue weighted by molar-refractivity contribution is 6.09. The highest BCUT2D eigenvalue weighted by atomic mass is 16.3. The highest BCUT2D eigenvalue weighted by Gasteiger charge is 2.25. The molecule has 1 aromatic carbocycles. The maximum Gasteiger partial charge on any atom is 0.254 e. The number of phenols is 1. The number of anilines is 1. The second kappa shape index (κ2) is 6.31. The van der Waals surface area contributed by atoms with Gasteiger partial charge in [-0.25, -0.2) is 19.9 Å². The van der Waals surface area contributed by atoms with Gasteiger partial charge in [0.1, 0.15) is 34.7 Å². The lowest BCUT2D eigenvalue weighted by Crippen LogP contribution is -2.14. The van der Waals surface area contributed by atoms with Gasteiger partial charge in [0.2, 0.25) is 0 Å². The Kier molecular flexibility index (Phi) is 3.92. The summed E-state index contributed by atoms with van der Waals surface area (Å²) in [4.78, 5) is 29.2. The standard InChI is InChI=1S/C19H17N7O2/c1-9-3-4-13(27)10(2)16(9)26-17(20)14(18(21)28)15-19(26)23-7-12(25-15)11-5-6-22-8-24-11/h3-8,27H,20H2,1-2H3,(H2,21,28). The number of aromatic hydroxyl groups is 1. The summed E-state index contributed by atoms with van der Waals surface area (Å²) in [6, 6.07) is 5.04. The zero-order valence-electron chi connectivity index (χ0n) is 15.2. The molecule has 5 N–H and O–H groups in total. The Morgan fingerprint density at radius 1 is 1.14 bits per heavy atom. The van der Waals surface area contributed by atoms with Crippen LogP contribution < -0.4 is 11.5 Å². The quantitative estimate of drug-likeness (QED) is 0.495. The van der Waals surface area contributed by atoms with Crippen molar-refractivity contribution in [3.8, 4) is 22.8 Å². The van der Waals surface area contributed by atoms with E-state index in [1.807, 2.05) is 6.92 Å². The van der Waals surface area contributed by atoms with E-state index in [9.17, 15) is 9.90 Å². The summed E-state index contributed by atoms with van der Waals surface area (Å²) in [5, 5.41) is 10.2. The molecule has 0 aliphatic heterocycles. The fourth-order valence-electron chi connectivity index (χ4n) is 3.27. The van der Waals surface area contributed by atoms with Crippen molar-refractivity contribution in [3.63, 3.8) is 0 Å². The molecule has 0 saturated heterocycles. The van der Waals surface area contributed by atoms with E-state index in [1.165, 1.54) is 6.33 Å². The lowest BCUT2D eigenvalue weighted by molar-refractivity contribution is 0.100. The molecule has 0 aliphatic carbocycles. The van der Waals surface area contributed by atoms with E-state index in [1.54, 1.807) is 42.1 Å². The van der Waals surface area contributed by atoms with Crippen LogP contribution >= 0.6 is 0 Å². The minimum atomic E-state index is -0.717. The number of nitrogen functional groups attached to an aromatic ring is 1. The maximum absolute atomic E-state index is 12.2. The van der Waals surface area contributed by atoms with Crippen molar-refractivity contribution in [1.82, 2.24) is 24.5 Å². The van der Waals surface area contributed by atoms with Gasteiger partial charge in [-0.2, -0.15) is 0 Å². The summed E-state index contributed by atoms with van der Waals surface area (Å²) in [7, 11) is 0. The van der Waals surface area contributed by atoms with Crippen molar-refractivity contribution in [2.24, 2.45) is 5.73 Å². The van der Waals surface area contributed by atoms with Crippen molar-refractivity contribution < 1.29 is 9.90 Å². The van der Waals surface area contributed by atoms with Crippen LogP contribution in [-0.2, 0) is 0 Å². The summed E-state index contributed by atoms with van der Waals surface area (Å²) in [5.74, 6) is -0.502. The predicted octanol–water partition coefficient (Wildman–Crippen LogP) is 1.88. The number of benzene rings is 1. The first-order valence-electron chi connectivity index (χ1n) is 8.42. The average Bonchev–Trinajstić information content (AvgIpc) is 2.97. The van der Waals surface area contributed by atoms with Gasteiger partial charge in [-0.3, -0.25) is 9.36 Å². The Labute approximate surface area is 159 Å². The molecule has 0 bridgehead atoms. The smallest absolute Gasteiger partial charge is 0.254 e. The van der Waals surface area contributed by atoms with Crippen LogP contribution in [0.4, 0.5) is 5.82 Å². The van der Waals surface area contributed by atoms with E-state index in [0.717, 1.165) is 5.56 Å². The molecule has 0 radical (unpaired) electrons. The number of nitrogens with two attached hydrogens (primary N) is 2. The first-order valence-corrected chi connectivity index (χ1v) is 8.42. The molecular formula is C19H17N7O2. The maximum atomic E-state index is 12.2. The number of hydrogen-bond donors (Lipinski definition) is 3. The number of primary amides is 1. The lowest BCUT2D eigenvalue weighted by atomic mass is 10.1. The molecule has 3 aromatic heterocycles. The number of hydrogen-bond acceptors (Lipinski definition) is 7. The molecule has 28 heavy (non-hydrogen) atoms. The monoisotopic (exact) mass is 375 g/mol. The van der Waals surface area contributed by atoms with Crippen LogP contribution in [0.3, 0.4) is 0 Å². The predicted molar refractivity (Wildman–Crippen MR) is 104 cm³/mol. The molecule has 4 rings (SSSR count). The Bertz CT molecular complexity index is 1230. The number of amides is 1. The molecule has 0 spiro atoms. The second-order valence-corrected chi connectivity index (χ2v) is 6.36. The van der Waals surface area contributed by atoms with Gasteiger partial charge >= 0.3 is 0 Å². The summed E-state index contributed by atoms with van der Waals surface area (Å²) >= 11 is 0. The van der Waals surface area contributed by atoms with Crippen molar-refractivity contribution in [2.45, 2.75) is 13.8 Å². The van der Waals surface area contributed by atoms with Crippen LogP contribution in [0.2, 0.25) is 0 Å². The van der Waals surface area contributed by atoms with Crippen LogP contribution in [0, 0.1) is 13.8 Å². The average molecular weight is 375 g/mol. The number of carbonyl (C=O) groups is 1. The Balaban J connectivity index is 2.09. The van der Waals surface area contributed by atoms with Crippen LogP contribution in [-0.4, -0.2) is 35.5 Å². The third-order valence-corrected chi connectivity index (χ3v) is 4.62. The molecule has 0 atom stereocenters. The number of phenolic OH excluding ortho intramolecular Hbond substituents is 1. The molecule has 0 fully saturated rings. The van der Waals surface area contributed by atoms with Crippen LogP contribution in [0.25, 0.3) is 28.2 Å². The number of fused-ring (bicyclic) bond motifs is 1. The number of aryl methyl sites for hydroxylation is 1. The Morgan fingerprint density at radius 2 is 1.93 bits per heavy atom. The molecule has 0 saturated carbocycles. The van der Waals surface area contributed by atoms with Gasteiger partial charge in [0.15, 0.2) is 5.65 Å². The second-order valence-electron chi connectivity index (χ2n) is 6.36. The SMILES string of the molecule is Cc1ccc(O)c(C)c1-n1c(N)c(C(N)=O)c2nc(-c3ccncn3)cnc21. The van der Waals surface area contributed by atoms with Crippen molar-refractivity contribution >= 4 is 22.9 Å². The van der Waals surface area contributed by atoms with E-state index < -0.39 is 5.91 Å². The van der Waals surface area contributed by atoms with Crippen molar-refractivity contribution in [3.05, 3.63) is 53.6 Å². The molecular weight excluding hydrogens is 358 g/mol. The number of carbonyl (C=O) groups excluding carboxylic acids is 1. The molecule has 0 aliphatic rings. The van der Waals surface area contributed by atoms with Gasteiger partial charge in [-0.05, 0) is 31.5 Å². The summed E-state index contributed by atoms with van der Waals surface area (Å²) in [6.45, 7) is 3.63. The van der Waals surface area contributed by atoms with Gasteiger partial charge in [0.25, 0.3) is 5.91 Å². The third kappa shape index (κ3) is 2.52. The zero-order valence-corrected chi connectivity index (χ0v) is 15.2. The molecule has 0 unspecified atom stereocenters. The van der Waals surface area contributed by atoms with E-state index in [0.29, 0.717) is 28.3 Å². The number of rotatable bonds is 3. The van der Waals surface area contributed by atoms with Gasteiger partial charge in [-0.15, -0.1) is 0 Å². The fourth-order valence-corrected chi connectivity index (χ4v) is 3.27. The third-order valence-electron chi connectivity index (χ3n) is 4.62. The number of aromatic nitrogens is 5. The normalized spacial score (nSPS) is 11.1. The van der Waals surface area contributed by atoms with E-state index in [4.69, 9.17) is 11.5 Å². The highest BCUT2D eigenvalue weighted by Crippen LogP contribution is 2.35. The zero-order chi connectivity index (χ0) is 20.0. The lowest BCUT2D eigenvalue weighted by Gasteiger charge is -2.15. The largest absolute Gasteiger partial charge is 0.508 e. The Morgan fingerprint density at radius 3 is 2.61 bits per heavy atom. The van der Waals surface area contributed by atoms with Crippen LogP contribution in [0.1, 0.15) is 21.5 Å². The van der Waals surface area contributed by atoms with Gasteiger partial charge in [0, 0.05) is 11.8 Å².